The van der Waals surface area contributed by atoms with Crippen molar-refractivity contribution in [2.45, 2.75) is 83.3 Å². The van der Waals surface area contributed by atoms with E-state index in [0.717, 1.165) is 24.0 Å². The Bertz CT molecular complexity index is 2330. The topological polar surface area (TPSA) is 146 Å². The van der Waals surface area contributed by atoms with E-state index in [0.29, 0.717) is 61.0 Å². The zero-order valence-corrected chi connectivity index (χ0v) is 32.8. The van der Waals surface area contributed by atoms with E-state index in [9.17, 15) is 18.3 Å². The smallest absolute Gasteiger partial charge is 0.303 e. The average molecular weight is 791 g/mol. The number of nitrogens with one attached hydrogen (secondary N) is 1. The van der Waals surface area contributed by atoms with E-state index in [1.165, 1.54) is 28.9 Å². The summed E-state index contributed by atoms with van der Waals surface area (Å²) in [4.78, 5) is 19.6. The third-order valence-corrected chi connectivity index (χ3v) is 13.0. The first kappa shape index (κ1) is 39.6. The molecule has 2 N–H and O–H groups in total. The monoisotopic (exact) mass is 790 g/mol. The number of carboxylic acid groups (broad SMARTS) is 1. The molecule has 0 saturated carbocycles. The van der Waals surface area contributed by atoms with Gasteiger partial charge >= 0.3 is 5.97 Å². The number of aliphatic carboxylic acids is 1. The predicted octanol–water partition coefficient (Wildman–Crippen LogP) is 8.05. The van der Waals surface area contributed by atoms with Crippen molar-refractivity contribution in [1.82, 2.24) is 19.7 Å². The van der Waals surface area contributed by atoms with Crippen molar-refractivity contribution in [3.8, 4) is 22.9 Å². The number of sulfone groups is 1. The van der Waals surface area contributed by atoms with E-state index in [1.54, 1.807) is 19.3 Å². The molecular weight excluding hydrogens is 743 g/mol. The van der Waals surface area contributed by atoms with Crippen molar-refractivity contribution >= 4 is 26.7 Å². The predicted molar refractivity (Wildman–Crippen MR) is 207 cm³/mol. The highest BCUT2D eigenvalue weighted by Gasteiger charge is 2.41. The lowest BCUT2D eigenvalue weighted by atomic mass is 9.74. The summed E-state index contributed by atoms with van der Waals surface area (Å²) in [5.74, 6) is -1.98. The highest BCUT2D eigenvalue weighted by atomic mass is 32.2. The van der Waals surface area contributed by atoms with Gasteiger partial charge in [-0.15, -0.1) is 0 Å². The van der Waals surface area contributed by atoms with Crippen molar-refractivity contribution in [1.29, 1.82) is 0 Å². The summed E-state index contributed by atoms with van der Waals surface area (Å²) >= 11 is 0. The molecule has 2 aliphatic heterocycles. The SMILES string of the molecule is Cn1nc2nc1-c1cc(ccc1F)Oc1c(F)cc3[nH]ccc3c1CCS(=O)(=O)CC(C)(C)CCCC2(COC1CCCCO1)c1cccc(CCC(=O)O)c1. The highest BCUT2D eigenvalue weighted by Crippen LogP contribution is 2.42. The van der Waals surface area contributed by atoms with Gasteiger partial charge in [-0.1, -0.05) is 44.5 Å². The lowest BCUT2D eigenvalue weighted by Gasteiger charge is -2.35. The minimum Gasteiger partial charge on any atom is -0.481 e. The summed E-state index contributed by atoms with van der Waals surface area (Å²) in [5, 5.41) is 15.0. The number of hydrogen-bond acceptors (Lipinski definition) is 8. The molecule has 14 heteroatoms. The van der Waals surface area contributed by atoms with E-state index in [4.69, 9.17) is 24.3 Å². The maximum Gasteiger partial charge on any atom is 0.303 e. The zero-order chi connectivity index (χ0) is 39.7. The van der Waals surface area contributed by atoms with Crippen molar-refractivity contribution < 1.29 is 41.3 Å². The molecule has 2 aromatic heterocycles. The van der Waals surface area contributed by atoms with Gasteiger partial charge in [0.25, 0.3) is 0 Å². The third kappa shape index (κ3) is 8.67. The van der Waals surface area contributed by atoms with Gasteiger partial charge in [0.15, 0.2) is 39.3 Å². The molecule has 3 aromatic carbocycles. The molecule has 0 aliphatic carbocycles. The van der Waals surface area contributed by atoms with Crippen LogP contribution in [-0.4, -0.2) is 70.3 Å². The minimum atomic E-state index is -3.66. The number of fused-ring (bicyclic) bond motifs is 8. The normalized spacial score (nSPS) is 21.4. The first-order valence-electron chi connectivity index (χ1n) is 19.1. The fraction of sp³-hybridized carbons (Fsp3) is 0.452. The molecule has 4 heterocycles. The van der Waals surface area contributed by atoms with Gasteiger partial charge in [0.05, 0.1) is 29.1 Å². The summed E-state index contributed by atoms with van der Waals surface area (Å²) in [6, 6.07) is 14.8. The van der Waals surface area contributed by atoms with Gasteiger partial charge in [0, 0.05) is 48.8 Å². The summed E-state index contributed by atoms with van der Waals surface area (Å²) < 4.78 is 79.6. The first-order valence-corrected chi connectivity index (χ1v) is 21.0. The van der Waals surface area contributed by atoms with Crippen LogP contribution in [0.4, 0.5) is 8.78 Å². The number of carboxylic acids is 1. The number of benzene rings is 3. The van der Waals surface area contributed by atoms with Crippen molar-refractivity contribution in [2.24, 2.45) is 12.5 Å². The second-order valence-corrected chi connectivity index (χ2v) is 18.1. The van der Waals surface area contributed by atoms with Crippen molar-refractivity contribution in [3.05, 3.63) is 94.9 Å². The average Bonchev–Trinajstić information content (AvgIpc) is 3.79. The highest BCUT2D eigenvalue weighted by molar-refractivity contribution is 7.91. The van der Waals surface area contributed by atoms with E-state index in [2.05, 4.69) is 4.98 Å². The molecule has 2 unspecified atom stereocenters. The summed E-state index contributed by atoms with van der Waals surface area (Å²) in [6.07, 6.45) is 5.51. The summed E-state index contributed by atoms with van der Waals surface area (Å²) in [7, 11) is -1.98. The van der Waals surface area contributed by atoms with Crippen molar-refractivity contribution in [2.75, 3.05) is 24.7 Å². The van der Waals surface area contributed by atoms with Gasteiger partial charge in [-0.2, -0.15) is 5.10 Å². The van der Waals surface area contributed by atoms with Crippen LogP contribution in [0.2, 0.25) is 0 Å². The number of nitrogens with zero attached hydrogens (tertiary/aromatic N) is 3. The number of aromatic nitrogens is 4. The van der Waals surface area contributed by atoms with Gasteiger partial charge < -0.3 is 24.3 Å². The first-order chi connectivity index (χ1) is 26.7. The number of ether oxygens (including phenoxy) is 3. The van der Waals surface area contributed by atoms with Crippen LogP contribution in [0.3, 0.4) is 0 Å². The molecule has 56 heavy (non-hydrogen) atoms. The number of aryl methyl sites for hydroxylation is 3. The van der Waals surface area contributed by atoms with E-state index < -0.39 is 44.6 Å². The zero-order valence-electron chi connectivity index (χ0n) is 31.9. The third-order valence-electron chi connectivity index (χ3n) is 10.9. The molecule has 1 saturated heterocycles. The van der Waals surface area contributed by atoms with Gasteiger partial charge in [-0.05, 0) is 85.8 Å². The van der Waals surface area contributed by atoms with Gasteiger partial charge in [-0.3, -0.25) is 4.79 Å². The lowest BCUT2D eigenvalue weighted by molar-refractivity contribution is -0.170. The molecule has 7 rings (SSSR count). The Morgan fingerprint density at radius 1 is 1.07 bits per heavy atom. The molecule has 2 atom stereocenters. The fourth-order valence-electron chi connectivity index (χ4n) is 8.09. The van der Waals surface area contributed by atoms with Crippen LogP contribution in [0.5, 0.6) is 11.5 Å². The Morgan fingerprint density at radius 3 is 2.70 bits per heavy atom. The van der Waals surface area contributed by atoms with Gasteiger partial charge in [0.2, 0.25) is 0 Å². The van der Waals surface area contributed by atoms with Crippen LogP contribution in [0.1, 0.15) is 81.3 Å². The van der Waals surface area contributed by atoms with Crippen LogP contribution < -0.4 is 4.74 Å². The molecule has 4 bridgehead atoms. The second kappa shape index (κ2) is 16.1. The number of aromatic amines is 1. The molecule has 5 aromatic rings. The Balaban J connectivity index is 1.39. The van der Waals surface area contributed by atoms with Gasteiger partial charge in [-0.25, -0.2) is 26.9 Å². The maximum absolute atomic E-state index is 15.9. The largest absolute Gasteiger partial charge is 0.481 e. The van der Waals surface area contributed by atoms with E-state index >= 15 is 8.78 Å². The second-order valence-electron chi connectivity index (χ2n) is 15.9. The van der Waals surface area contributed by atoms with Crippen molar-refractivity contribution in [3.63, 3.8) is 0 Å². The van der Waals surface area contributed by atoms with Crippen LogP contribution in [0, 0.1) is 17.0 Å². The molecule has 2 aliphatic rings. The standard InChI is InChI=1S/C42H48F2N4O7S/c1-41(2)17-7-18-42(25-54-37-10-4-5-20-53-37,28-9-6-8-27(22-28)11-14-36(49)50)40-46-39(48(3)47-40)32-23-29(12-13-33(32)43)55-38-31(16-21-56(51,52)26-41)30-15-19-45-35(30)24-34(38)44/h6,8-9,12-13,15,19,22-24,37,45H,4-5,7,10-11,14,16-18,20-21,25-26H2,1-3H3,(H,49,50). The molecule has 11 nitrogen and oxygen atoms in total. The van der Waals surface area contributed by atoms with Gasteiger partial charge in [0.1, 0.15) is 11.6 Å². The molecule has 0 radical (unpaired) electrons. The molecule has 1 fully saturated rings. The van der Waals surface area contributed by atoms with Crippen LogP contribution >= 0.6 is 0 Å². The summed E-state index contributed by atoms with van der Waals surface area (Å²) in [5.41, 5.74) is 0.873. The minimum absolute atomic E-state index is 0.00244. The van der Waals surface area contributed by atoms with E-state index in [1.807, 2.05) is 38.1 Å². The molecule has 0 amide bonds. The molecular formula is C42H48F2N4O7S. The quantitative estimate of drug-likeness (QED) is 0.167. The maximum atomic E-state index is 15.9. The number of halogens is 2. The Kier molecular flexibility index (Phi) is 11.4. The Morgan fingerprint density at radius 2 is 1.91 bits per heavy atom. The van der Waals surface area contributed by atoms with Crippen LogP contribution in [-0.2, 0) is 49.4 Å². The number of H-pyrrole nitrogens is 1. The fourth-order valence-corrected chi connectivity index (χ4v) is 10.1. The van der Waals surface area contributed by atoms with Crippen LogP contribution in [0.15, 0.2) is 60.8 Å². The van der Waals surface area contributed by atoms with E-state index in [-0.39, 0.29) is 53.8 Å². The summed E-state index contributed by atoms with van der Waals surface area (Å²) in [6.45, 7) is 4.52. The Hall–Kier alpha value is -4.66. The Labute approximate surface area is 325 Å². The number of carbonyl (C=O) groups is 1. The lowest BCUT2D eigenvalue weighted by Crippen LogP contribution is -2.38. The molecule has 0 spiro atoms. The number of hydrogen-bond donors (Lipinski definition) is 2. The number of rotatable bonds is 7. The van der Waals surface area contributed by atoms with Crippen LogP contribution in [0.25, 0.3) is 22.3 Å². The molecule has 298 valence electrons.